The average molecular weight is 579 g/mol. The van der Waals surface area contributed by atoms with Gasteiger partial charge in [-0.15, -0.1) is 0 Å². The Bertz CT molecular complexity index is 1430. The van der Waals surface area contributed by atoms with E-state index in [1.165, 1.54) is 28.1 Å². The zero-order valence-electron chi connectivity index (χ0n) is 22.8. The molecule has 1 atom stereocenters. The number of halogens is 2. The van der Waals surface area contributed by atoms with Crippen molar-refractivity contribution in [1.82, 2.24) is 14.8 Å². The maximum atomic E-state index is 14.6. The molecule has 2 aliphatic rings. The first kappa shape index (κ1) is 28.7. The van der Waals surface area contributed by atoms with Crippen LogP contribution in [-0.2, 0) is 9.53 Å². The van der Waals surface area contributed by atoms with E-state index < -0.39 is 17.8 Å². The first-order valence-electron chi connectivity index (χ1n) is 13.6. The molecule has 0 radical (unpaired) electrons. The van der Waals surface area contributed by atoms with Crippen LogP contribution >= 0.6 is 11.6 Å². The number of carbonyl (C=O) groups is 2. The quantitative estimate of drug-likeness (QED) is 0.370. The highest BCUT2D eigenvalue weighted by molar-refractivity contribution is 6.31. The van der Waals surface area contributed by atoms with Gasteiger partial charge in [0.1, 0.15) is 18.1 Å². The van der Waals surface area contributed by atoms with Crippen molar-refractivity contribution in [2.75, 3.05) is 53.0 Å². The summed E-state index contributed by atoms with van der Waals surface area (Å²) in [4.78, 5) is 31.1. The molecule has 1 fully saturated rings. The van der Waals surface area contributed by atoms with Crippen molar-refractivity contribution in [3.63, 3.8) is 0 Å². The molecule has 2 heterocycles. The molecule has 2 aliphatic heterocycles. The number of hydrazone groups is 1. The number of hydrogen-bond acceptors (Lipinski definition) is 6. The van der Waals surface area contributed by atoms with Crippen molar-refractivity contribution >= 4 is 29.1 Å². The van der Waals surface area contributed by atoms with Crippen molar-refractivity contribution < 1.29 is 23.5 Å². The lowest BCUT2D eigenvalue weighted by molar-refractivity contribution is -0.133. The third-order valence-corrected chi connectivity index (χ3v) is 7.68. The number of nitrogens with zero attached hydrogens (tertiary/aromatic N) is 4. The number of morpholine rings is 1. The lowest BCUT2D eigenvalue weighted by Gasteiger charge is -2.31. The van der Waals surface area contributed by atoms with Gasteiger partial charge in [-0.1, -0.05) is 54.1 Å². The maximum absolute atomic E-state index is 14.6. The van der Waals surface area contributed by atoms with Crippen LogP contribution < -0.4 is 4.74 Å². The number of amides is 2. The summed E-state index contributed by atoms with van der Waals surface area (Å²) in [6.07, 6.45) is 0.428. The van der Waals surface area contributed by atoms with Crippen LogP contribution in [0.3, 0.4) is 0 Å². The van der Waals surface area contributed by atoms with E-state index in [0.29, 0.717) is 42.7 Å². The minimum Gasteiger partial charge on any atom is -0.497 e. The smallest absolute Gasteiger partial charge is 0.262 e. The molecule has 0 saturated carbocycles. The van der Waals surface area contributed by atoms with Crippen LogP contribution in [0.1, 0.15) is 33.9 Å². The molecule has 8 nitrogen and oxygen atoms in total. The molecule has 3 aromatic rings. The first-order valence-corrected chi connectivity index (χ1v) is 13.9. The number of carbonyl (C=O) groups excluding carboxylic acids is 2. The summed E-state index contributed by atoms with van der Waals surface area (Å²) in [5.74, 6) is -0.890. The van der Waals surface area contributed by atoms with Gasteiger partial charge in [0.2, 0.25) is 0 Å². The summed E-state index contributed by atoms with van der Waals surface area (Å²) in [6, 6.07) is 20.2. The second kappa shape index (κ2) is 13.2. The van der Waals surface area contributed by atoms with E-state index in [-0.39, 0.29) is 24.6 Å². The number of hydrogen-bond donors (Lipinski definition) is 0. The predicted octanol–water partition coefficient (Wildman–Crippen LogP) is 4.64. The van der Waals surface area contributed by atoms with Crippen molar-refractivity contribution in [3.8, 4) is 5.75 Å². The van der Waals surface area contributed by atoms with Gasteiger partial charge >= 0.3 is 0 Å². The molecule has 41 heavy (non-hydrogen) atoms. The fourth-order valence-electron chi connectivity index (χ4n) is 5.08. The Balaban J connectivity index is 1.44. The van der Waals surface area contributed by atoms with E-state index >= 15 is 0 Å². The van der Waals surface area contributed by atoms with E-state index in [9.17, 15) is 14.0 Å². The van der Waals surface area contributed by atoms with Gasteiger partial charge in [-0.2, -0.15) is 5.10 Å². The lowest BCUT2D eigenvalue weighted by Crippen LogP contribution is -2.46. The van der Waals surface area contributed by atoms with Crippen LogP contribution in [0.2, 0.25) is 5.02 Å². The maximum Gasteiger partial charge on any atom is 0.262 e. The molecule has 214 valence electrons. The third kappa shape index (κ3) is 6.75. The summed E-state index contributed by atoms with van der Waals surface area (Å²) in [5, 5.41) is 6.66. The Morgan fingerprint density at radius 2 is 1.83 bits per heavy atom. The zero-order chi connectivity index (χ0) is 28.8. The second-order valence-electron chi connectivity index (χ2n) is 9.92. The summed E-state index contributed by atoms with van der Waals surface area (Å²) in [7, 11) is 1.59. The number of rotatable bonds is 9. The summed E-state index contributed by atoms with van der Waals surface area (Å²) >= 11 is 6.57. The van der Waals surface area contributed by atoms with Crippen LogP contribution in [-0.4, -0.2) is 85.4 Å². The highest BCUT2D eigenvalue weighted by atomic mass is 35.5. The van der Waals surface area contributed by atoms with Crippen LogP contribution in [0.4, 0.5) is 4.39 Å². The molecule has 0 N–H and O–H groups in total. The van der Waals surface area contributed by atoms with Gasteiger partial charge in [0, 0.05) is 43.2 Å². The van der Waals surface area contributed by atoms with Crippen LogP contribution in [0.15, 0.2) is 77.9 Å². The first-order chi connectivity index (χ1) is 19.9. The Morgan fingerprint density at radius 1 is 1.07 bits per heavy atom. The number of methoxy groups -OCH3 is 1. The molecule has 0 aromatic heterocycles. The largest absolute Gasteiger partial charge is 0.497 e. The van der Waals surface area contributed by atoms with Gasteiger partial charge in [0.15, 0.2) is 0 Å². The summed E-state index contributed by atoms with van der Waals surface area (Å²) in [6.45, 7) is 3.17. The summed E-state index contributed by atoms with van der Waals surface area (Å²) in [5.41, 5.74) is 2.20. The number of ether oxygens (including phenoxy) is 2. The van der Waals surface area contributed by atoms with Crippen LogP contribution in [0.5, 0.6) is 5.75 Å². The van der Waals surface area contributed by atoms with Gasteiger partial charge in [0.05, 0.1) is 37.6 Å². The van der Waals surface area contributed by atoms with Gasteiger partial charge in [-0.3, -0.25) is 14.5 Å². The fourth-order valence-corrected chi connectivity index (χ4v) is 5.35. The molecule has 0 spiro atoms. The minimum absolute atomic E-state index is 0.0769. The Morgan fingerprint density at radius 3 is 2.59 bits per heavy atom. The Labute approximate surface area is 243 Å². The molecule has 0 aliphatic carbocycles. The van der Waals surface area contributed by atoms with Crippen LogP contribution in [0.25, 0.3) is 0 Å². The van der Waals surface area contributed by atoms with Crippen LogP contribution in [0, 0.1) is 5.82 Å². The van der Waals surface area contributed by atoms with Crippen molar-refractivity contribution in [2.24, 2.45) is 5.10 Å². The second-order valence-corrected chi connectivity index (χ2v) is 10.3. The zero-order valence-corrected chi connectivity index (χ0v) is 23.6. The minimum atomic E-state index is -0.630. The van der Waals surface area contributed by atoms with E-state index in [2.05, 4.69) is 4.90 Å². The average Bonchev–Trinajstić information content (AvgIpc) is 3.45. The van der Waals surface area contributed by atoms with Gasteiger partial charge in [-0.25, -0.2) is 9.40 Å². The van der Waals surface area contributed by atoms with Crippen molar-refractivity contribution in [1.29, 1.82) is 0 Å². The van der Waals surface area contributed by atoms with Gasteiger partial charge in [0.25, 0.3) is 11.8 Å². The molecule has 10 heteroatoms. The molecule has 1 unspecified atom stereocenters. The van der Waals surface area contributed by atoms with E-state index in [0.717, 1.165) is 24.2 Å². The molecule has 1 saturated heterocycles. The third-order valence-electron chi connectivity index (χ3n) is 7.34. The fraction of sp³-hybridized carbons (Fsp3) is 0.323. The Kier molecular flexibility index (Phi) is 9.28. The highest BCUT2D eigenvalue weighted by Gasteiger charge is 2.36. The Hall–Kier alpha value is -3.79. The van der Waals surface area contributed by atoms with Gasteiger partial charge < -0.3 is 14.4 Å². The lowest BCUT2D eigenvalue weighted by atomic mass is 9.98. The SMILES string of the molecule is COc1cccc(C2=NN(C(=O)CN(CCN3CCOCC3)C(=O)c3ccccc3F)C(c3ccccc3Cl)C2)c1. The summed E-state index contributed by atoms with van der Waals surface area (Å²) < 4.78 is 25.5. The predicted molar refractivity (Wildman–Crippen MR) is 155 cm³/mol. The van der Waals surface area contributed by atoms with E-state index in [1.54, 1.807) is 19.2 Å². The monoisotopic (exact) mass is 578 g/mol. The highest BCUT2D eigenvalue weighted by Crippen LogP contribution is 2.36. The molecule has 5 rings (SSSR count). The molecular formula is C31H32ClFN4O4. The topological polar surface area (TPSA) is 74.7 Å². The molecule has 0 bridgehead atoms. The van der Waals surface area contributed by atoms with Crippen molar-refractivity contribution in [2.45, 2.75) is 12.5 Å². The molecule has 2 amide bonds. The van der Waals surface area contributed by atoms with Gasteiger partial charge in [-0.05, 0) is 35.9 Å². The van der Waals surface area contributed by atoms with E-state index in [4.69, 9.17) is 26.2 Å². The number of benzene rings is 3. The molecule has 3 aromatic carbocycles. The van der Waals surface area contributed by atoms with Crippen molar-refractivity contribution in [3.05, 3.63) is 100 Å². The normalized spacial score (nSPS) is 17.3. The standard InChI is InChI=1S/C31H32ClFN4O4/c1-40-23-8-6-7-22(19-23)28-20-29(24-9-2-4-11-26(24)32)37(34-28)30(38)21-36(14-13-35-15-17-41-18-16-35)31(39)25-10-3-5-12-27(25)33/h2-12,19,29H,13-18,20-21H2,1H3. The molecular weight excluding hydrogens is 547 g/mol. The van der Waals surface area contributed by atoms with E-state index in [1.807, 2.05) is 42.5 Å².